The summed E-state index contributed by atoms with van der Waals surface area (Å²) in [5.74, 6) is 0.0537. The normalized spacial score (nSPS) is 17.2. The number of piperidine rings is 1. The molecule has 10 heteroatoms. The lowest BCUT2D eigenvalue weighted by molar-refractivity contribution is -0.384. The minimum absolute atomic E-state index is 0.00622. The fraction of sp³-hybridized carbons (Fsp3) is 0.346. The fourth-order valence-corrected chi connectivity index (χ4v) is 5.65. The van der Waals surface area contributed by atoms with E-state index in [-0.39, 0.29) is 29.5 Å². The van der Waals surface area contributed by atoms with Crippen LogP contribution in [0.2, 0.25) is 0 Å². The summed E-state index contributed by atoms with van der Waals surface area (Å²) in [6.07, 6.45) is 7.98. The van der Waals surface area contributed by atoms with Gasteiger partial charge in [-0.2, -0.15) is 16.4 Å². The molecule has 5 rings (SSSR count). The molecule has 0 radical (unpaired) electrons. The Labute approximate surface area is 212 Å². The molecule has 2 fully saturated rings. The molecule has 0 atom stereocenters. The van der Waals surface area contributed by atoms with Crippen molar-refractivity contribution < 1.29 is 14.5 Å². The van der Waals surface area contributed by atoms with Crippen LogP contribution in [-0.2, 0) is 16.1 Å². The van der Waals surface area contributed by atoms with E-state index in [9.17, 15) is 19.7 Å². The molecule has 0 unspecified atom stereocenters. The number of benzene rings is 1. The van der Waals surface area contributed by atoms with Crippen LogP contribution in [0.5, 0.6) is 0 Å². The fourth-order valence-electron chi connectivity index (χ4n) is 5.02. The van der Waals surface area contributed by atoms with Crippen molar-refractivity contribution >= 4 is 34.9 Å². The van der Waals surface area contributed by atoms with Gasteiger partial charge >= 0.3 is 0 Å². The summed E-state index contributed by atoms with van der Waals surface area (Å²) in [4.78, 5) is 40.0. The van der Waals surface area contributed by atoms with E-state index in [1.165, 1.54) is 12.1 Å². The predicted molar refractivity (Wildman–Crippen MR) is 137 cm³/mol. The van der Waals surface area contributed by atoms with Gasteiger partial charge in [-0.05, 0) is 59.2 Å². The molecular formula is C26H27N5O4S. The standard InChI is InChI=1S/C26H27N5O4S/c32-24(5-4-20-7-15-36-18-20)28-12-8-26(9-13-28)10-14-29(19-26)25(33)17-30-11-6-23(27-30)21-2-1-3-22(16-21)31(34)35/h1-7,11,15-16,18H,8-10,12-14,17,19H2/b5-4+. The van der Waals surface area contributed by atoms with Gasteiger partial charge in [0.1, 0.15) is 6.54 Å². The van der Waals surface area contributed by atoms with Gasteiger partial charge in [0.25, 0.3) is 5.69 Å². The first-order chi connectivity index (χ1) is 17.4. The van der Waals surface area contributed by atoms with Crippen molar-refractivity contribution in [3.8, 4) is 11.3 Å². The molecule has 36 heavy (non-hydrogen) atoms. The third-order valence-electron chi connectivity index (χ3n) is 7.18. The van der Waals surface area contributed by atoms with Crippen molar-refractivity contribution in [2.45, 2.75) is 25.8 Å². The minimum atomic E-state index is -0.435. The Kier molecular flexibility index (Phi) is 6.69. The van der Waals surface area contributed by atoms with E-state index in [0.717, 1.165) is 24.8 Å². The average Bonchev–Trinajstić information content (AvgIpc) is 3.65. The summed E-state index contributed by atoms with van der Waals surface area (Å²) in [7, 11) is 0. The number of nitrogens with zero attached hydrogens (tertiary/aromatic N) is 5. The third kappa shape index (κ3) is 5.23. The first-order valence-corrected chi connectivity index (χ1v) is 12.9. The number of amides is 2. The van der Waals surface area contributed by atoms with E-state index in [2.05, 4.69) is 5.10 Å². The SMILES string of the molecule is O=C(/C=C/c1ccsc1)N1CCC2(CC1)CCN(C(=O)Cn1ccc(-c3cccc([N+](=O)[O-])c3)n1)C2. The highest BCUT2D eigenvalue weighted by molar-refractivity contribution is 7.08. The van der Waals surface area contributed by atoms with Crippen LogP contribution in [0.15, 0.2) is 59.4 Å². The summed E-state index contributed by atoms with van der Waals surface area (Å²) in [5, 5.41) is 19.5. The molecule has 2 aliphatic rings. The molecule has 4 heterocycles. The van der Waals surface area contributed by atoms with Crippen LogP contribution in [0, 0.1) is 15.5 Å². The smallest absolute Gasteiger partial charge is 0.270 e. The molecule has 2 aliphatic heterocycles. The van der Waals surface area contributed by atoms with Crippen LogP contribution in [0.4, 0.5) is 5.69 Å². The van der Waals surface area contributed by atoms with E-state index in [0.29, 0.717) is 37.4 Å². The molecule has 2 aromatic heterocycles. The molecule has 186 valence electrons. The van der Waals surface area contributed by atoms with E-state index < -0.39 is 4.92 Å². The quantitative estimate of drug-likeness (QED) is 0.285. The molecule has 3 aromatic rings. The van der Waals surface area contributed by atoms with Crippen molar-refractivity contribution in [3.63, 3.8) is 0 Å². The Balaban J connectivity index is 1.14. The van der Waals surface area contributed by atoms with Crippen LogP contribution in [0.1, 0.15) is 24.8 Å². The molecule has 0 aliphatic carbocycles. The first kappa shape index (κ1) is 23.9. The van der Waals surface area contributed by atoms with Crippen LogP contribution < -0.4 is 0 Å². The van der Waals surface area contributed by atoms with Gasteiger partial charge in [-0.3, -0.25) is 24.4 Å². The van der Waals surface area contributed by atoms with Crippen LogP contribution in [0.3, 0.4) is 0 Å². The summed E-state index contributed by atoms with van der Waals surface area (Å²) in [6, 6.07) is 10.1. The number of thiophene rings is 1. The van der Waals surface area contributed by atoms with E-state index in [1.807, 2.05) is 32.7 Å². The highest BCUT2D eigenvalue weighted by Crippen LogP contribution is 2.40. The van der Waals surface area contributed by atoms with Gasteiger partial charge in [-0.15, -0.1) is 0 Å². The van der Waals surface area contributed by atoms with Crippen LogP contribution in [-0.4, -0.2) is 62.5 Å². The van der Waals surface area contributed by atoms with Gasteiger partial charge in [-0.25, -0.2) is 0 Å². The van der Waals surface area contributed by atoms with Crippen molar-refractivity contribution in [2.75, 3.05) is 26.2 Å². The van der Waals surface area contributed by atoms with Gasteiger partial charge < -0.3 is 9.80 Å². The summed E-state index contributed by atoms with van der Waals surface area (Å²) in [5.41, 5.74) is 2.35. The van der Waals surface area contributed by atoms with Crippen molar-refractivity contribution in [1.82, 2.24) is 19.6 Å². The monoisotopic (exact) mass is 505 g/mol. The molecule has 0 N–H and O–H groups in total. The Morgan fingerprint density at radius 1 is 1.11 bits per heavy atom. The zero-order chi connectivity index (χ0) is 25.1. The molecule has 2 saturated heterocycles. The number of carbonyl (C=O) groups excluding carboxylic acids is 2. The van der Waals surface area contributed by atoms with Crippen molar-refractivity contribution in [3.05, 3.63) is 75.1 Å². The van der Waals surface area contributed by atoms with Gasteiger partial charge in [0.15, 0.2) is 0 Å². The van der Waals surface area contributed by atoms with Gasteiger partial charge in [0.2, 0.25) is 11.8 Å². The third-order valence-corrected chi connectivity index (χ3v) is 7.88. The number of nitro benzene ring substituents is 1. The number of hydrogen-bond acceptors (Lipinski definition) is 6. The first-order valence-electron chi connectivity index (χ1n) is 12.0. The molecule has 0 bridgehead atoms. The summed E-state index contributed by atoms with van der Waals surface area (Å²) < 4.78 is 1.59. The highest BCUT2D eigenvalue weighted by Gasteiger charge is 2.42. The highest BCUT2D eigenvalue weighted by atomic mass is 32.1. The lowest BCUT2D eigenvalue weighted by Gasteiger charge is -2.39. The number of aromatic nitrogens is 2. The largest absolute Gasteiger partial charge is 0.341 e. The molecule has 2 amide bonds. The maximum atomic E-state index is 13.0. The Morgan fingerprint density at radius 3 is 2.61 bits per heavy atom. The lowest BCUT2D eigenvalue weighted by atomic mass is 9.78. The molecule has 1 spiro atoms. The van der Waals surface area contributed by atoms with E-state index in [1.54, 1.807) is 46.5 Å². The van der Waals surface area contributed by atoms with Gasteiger partial charge in [0.05, 0.1) is 10.6 Å². The average molecular weight is 506 g/mol. The van der Waals surface area contributed by atoms with Gasteiger partial charge in [0, 0.05) is 56.1 Å². The Bertz CT molecular complexity index is 1290. The molecule has 1 aromatic carbocycles. The number of carbonyl (C=O) groups is 2. The second-order valence-electron chi connectivity index (χ2n) is 9.49. The topological polar surface area (TPSA) is 102 Å². The number of nitro groups is 1. The Hall–Kier alpha value is -3.79. The summed E-state index contributed by atoms with van der Waals surface area (Å²) >= 11 is 1.61. The predicted octanol–water partition coefficient (Wildman–Crippen LogP) is 4.07. The zero-order valence-corrected chi connectivity index (χ0v) is 20.6. The van der Waals surface area contributed by atoms with E-state index >= 15 is 0 Å². The van der Waals surface area contributed by atoms with Crippen molar-refractivity contribution in [2.24, 2.45) is 5.41 Å². The number of hydrogen-bond donors (Lipinski definition) is 0. The second-order valence-corrected chi connectivity index (χ2v) is 10.3. The Morgan fingerprint density at radius 2 is 1.89 bits per heavy atom. The van der Waals surface area contributed by atoms with E-state index in [4.69, 9.17) is 0 Å². The maximum absolute atomic E-state index is 13.0. The number of non-ortho nitro benzene ring substituents is 1. The molecular weight excluding hydrogens is 478 g/mol. The van der Waals surface area contributed by atoms with Gasteiger partial charge in [-0.1, -0.05) is 12.1 Å². The molecule has 9 nitrogen and oxygen atoms in total. The van der Waals surface area contributed by atoms with Crippen LogP contribution in [0.25, 0.3) is 17.3 Å². The van der Waals surface area contributed by atoms with Crippen LogP contribution >= 0.6 is 11.3 Å². The van der Waals surface area contributed by atoms with Crippen molar-refractivity contribution in [1.29, 1.82) is 0 Å². The lowest BCUT2D eigenvalue weighted by Crippen LogP contribution is -2.44. The number of rotatable bonds is 6. The molecule has 0 saturated carbocycles. The minimum Gasteiger partial charge on any atom is -0.341 e. The zero-order valence-electron chi connectivity index (χ0n) is 19.8. The number of likely N-dealkylation sites (tertiary alicyclic amines) is 2. The summed E-state index contributed by atoms with van der Waals surface area (Å²) in [6.45, 7) is 2.96. The second kappa shape index (κ2) is 10.1. The maximum Gasteiger partial charge on any atom is 0.270 e.